The van der Waals surface area contributed by atoms with Gasteiger partial charge in [-0.25, -0.2) is 4.79 Å². The van der Waals surface area contributed by atoms with Crippen LogP contribution in [0.4, 0.5) is 8.78 Å². The number of aliphatic hydroxyl groups is 3. The van der Waals surface area contributed by atoms with E-state index in [9.17, 15) is 33.7 Å². The molecule has 0 aliphatic carbocycles. The van der Waals surface area contributed by atoms with Crippen LogP contribution < -0.4 is 16.0 Å². The third-order valence-corrected chi connectivity index (χ3v) is 4.94. The maximum absolute atomic E-state index is 12.9. The van der Waals surface area contributed by atoms with E-state index in [1.165, 1.54) is 18.2 Å². The lowest BCUT2D eigenvalue weighted by molar-refractivity contribution is -0.0555. The van der Waals surface area contributed by atoms with Crippen LogP contribution in [-0.2, 0) is 11.3 Å². The minimum absolute atomic E-state index is 0.00985. The average molecular weight is 441 g/mol. The highest BCUT2D eigenvalue weighted by atomic mass is 19.3. The summed E-state index contributed by atoms with van der Waals surface area (Å²) in [5, 5.41) is 33.1. The fourth-order valence-corrected chi connectivity index (χ4v) is 3.45. The van der Waals surface area contributed by atoms with Gasteiger partial charge in [0.25, 0.3) is 5.56 Å². The molecule has 11 nitrogen and oxygen atoms in total. The minimum atomic E-state index is -3.11. The highest BCUT2D eigenvalue weighted by Crippen LogP contribution is 2.31. The molecule has 2 aromatic heterocycles. The second-order valence-corrected chi connectivity index (χ2v) is 6.80. The summed E-state index contributed by atoms with van der Waals surface area (Å²) in [4.78, 5) is 25.3. The van der Waals surface area contributed by atoms with Crippen LogP contribution in [0, 0.1) is 0 Å². The number of nitrogens with zero attached hydrogens (tertiary/aromatic N) is 3. The van der Waals surface area contributed by atoms with Gasteiger partial charge in [0.05, 0.1) is 18.5 Å². The van der Waals surface area contributed by atoms with Gasteiger partial charge in [-0.2, -0.15) is 8.78 Å². The van der Waals surface area contributed by atoms with Crippen LogP contribution in [0.5, 0.6) is 5.75 Å². The van der Waals surface area contributed by atoms with E-state index in [2.05, 4.69) is 9.89 Å². The van der Waals surface area contributed by atoms with E-state index in [1.54, 1.807) is 0 Å². The highest BCUT2D eigenvalue weighted by molar-refractivity contribution is 5.86. The third-order valence-electron chi connectivity index (χ3n) is 4.94. The Labute approximate surface area is 171 Å². The first-order valence-corrected chi connectivity index (χ1v) is 9.08. The lowest BCUT2D eigenvalue weighted by Gasteiger charge is -2.18. The van der Waals surface area contributed by atoms with Gasteiger partial charge in [-0.05, 0) is 12.1 Å². The zero-order chi connectivity index (χ0) is 22.3. The molecule has 1 aliphatic heterocycles. The molecule has 0 saturated carbocycles. The van der Waals surface area contributed by atoms with Crippen molar-refractivity contribution in [1.82, 2.24) is 14.3 Å². The van der Waals surface area contributed by atoms with Crippen molar-refractivity contribution in [2.24, 2.45) is 0 Å². The zero-order valence-corrected chi connectivity index (χ0v) is 15.7. The number of rotatable bonds is 6. The lowest BCUT2D eigenvalue weighted by Crippen LogP contribution is -2.43. The summed E-state index contributed by atoms with van der Waals surface area (Å²) < 4.78 is 42.0. The number of aliphatic hydroxyl groups excluding tert-OH is 3. The van der Waals surface area contributed by atoms with E-state index in [1.807, 2.05) is 0 Å². The molecule has 1 fully saturated rings. The first kappa shape index (κ1) is 21.1. The molecular formula is C18H17F2N3O8. The number of ether oxygens (including phenoxy) is 2. The number of halogens is 2. The predicted molar refractivity (Wildman–Crippen MR) is 97.7 cm³/mol. The summed E-state index contributed by atoms with van der Waals surface area (Å²) in [6.45, 7) is -4.16. The van der Waals surface area contributed by atoms with E-state index in [0.29, 0.717) is 0 Å². The van der Waals surface area contributed by atoms with Crippen molar-refractivity contribution >= 4 is 11.0 Å². The van der Waals surface area contributed by atoms with Crippen molar-refractivity contribution in [3.05, 3.63) is 57.0 Å². The van der Waals surface area contributed by atoms with Crippen LogP contribution in [0.1, 0.15) is 11.9 Å². The van der Waals surface area contributed by atoms with Crippen LogP contribution in [0.25, 0.3) is 11.0 Å². The van der Waals surface area contributed by atoms with Gasteiger partial charge in [0.1, 0.15) is 29.8 Å². The summed E-state index contributed by atoms with van der Waals surface area (Å²) in [6.07, 6.45) is -4.40. The molecule has 3 heterocycles. The van der Waals surface area contributed by atoms with Crippen LogP contribution >= 0.6 is 0 Å². The van der Waals surface area contributed by atoms with E-state index >= 15 is 0 Å². The smallest absolute Gasteiger partial charge is 0.387 e. The van der Waals surface area contributed by atoms with Crippen molar-refractivity contribution in [3.63, 3.8) is 0 Å². The Morgan fingerprint density at radius 3 is 2.65 bits per heavy atom. The molecule has 4 atom stereocenters. The van der Waals surface area contributed by atoms with E-state index in [4.69, 9.17) is 9.26 Å². The quantitative estimate of drug-likeness (QED) is 0.456. The number of fused-ring (bicyclic) bond motifs is 1. The molecular weight excluding hydrogens is 424 g/mol. The Hall–Kier alpha value is -3.13. The monoisotopic (exact) mass is 441 g/mol. The maximum atomic E-state index is 12.9. The van der Waals surface area contributed by atoms with E-state index < -0.39 is 55.6 Å². The van der Waals surface area contributed by atoms with Crippen molar-refractivity contribution in [1.29, 1.82) is 0 Å². The summed E-state index contributed by atoms with van der Waals surface area (Å²) in [5.41, 5.74) is -1.56. The molecule has 1 saturated heterocycles. The van der Waals surface area contributed by atoms with Crippen molar-refractivity contribution < 1.29 is 38.1 Å². The Bertz CT molecular complexity index is 1210. The molecule has 1 aliphatic rings. The maximum Gasteiger partial charge on any atom is 0.387 e. The van der Waals surface area contributed by atoms with Gasteiger partial charge < -0.3 is 29.3 Å². The number of alkyl halides is 2. The molecule has 0 spiro atoms. The minimum Gasteiger partial charge on any atom is -0.434 e. The Morgan fingerprint density at radius 1 is 1.19 bits per heavy atom. The SMILES string of the molecule is O=c1ccn([C@@H]2O[C@H](CO)[C@H](O)C2O)c(=O)n1Cc1noc2cccc(OC(F)F)c12. The third kappa shape index (κ3) is 3.72. The fourth-order valence-electron chi connectivity index (χ4n) is 3.45. The van der Waals surface area contributed by atoms with Gasteiger partial charge in [-0.1, -0.05) is 11.2 Å². The Morgan fingerprint density at radius 2 is 1.97 bits per heavy atom. The van der Waals surface area contributed by atoms with Crippen molar-refractivity contribution in [3.8, 4) is 5.75 Å². The van der Waals surface area contributed by atoms with Crippen LogP contribution in [0.15, 0.2) is 44.6 Å². The molecule has 31 heavy (non-hydrogen) atoms. The van der Waals surface area contributed by atoms with Gasteiger partial charge in [0.2, 0.25) is 0 Å². The number of hydrogen-bond donors (Lipinski definition) is 3. The van der Waals surface area contributed by atoms with Crippen molar-refractivity contribution in [2.45, 2.75) is 37.7 Å². The number of benzene rings is 1. The van der Waals surface area contributed by atoms with Gasteiger partial charge in [0, 0.05) is 12.3 Å². The molecule has 3 N–H and O–H groups in total. The normalized spacial score (nSPS) is 23.7. The van der Waals surface area contributed by atoms with Gasteiger partial charge in [-0.3, -0.25) is 13.9 Å². The van der Waals surface area contributed by atoms with Gasteiger partial charge in [0.15, 0.2) is 11.8 Å². The molecule has 0 amide bonds. The number of hydrogen-bond acceptors (Lipinski definition) is 9. The fraction of sp³-hybridized carbons (Fsp3) is 0.389. The van der Waals surface area contributed by atoms with E-state index in [0.717, 1.165) is 21.4 Å². The zero-order valence-electron chi connectivity index (χ0n) is 15.7. The lowest BCUT2D eigenvalue weighted by atomic mass is 10.1. The summed E-state index contributed by atoms with van der Waals surface area (Å²) in [6, 6.07) is 5.16. The van der Waals surface area contributed by atoms with E-state index in [-0.39, 0.29) is 22.4 Å². The predicted octanol–water partition coefficient (Wildman–Crippen LogP) is -0.588. The number of aromatic nitrogens is 3. The Balaban J connectivity index is 1.75. The summed E-state index contributed by atoms with van der Waals surface area (Å²) in [5.74, 6) is -0.239. The first-order chi connectivity index (χ1) is 14.8. The molecule has 0 radical (unpaired) electrons. The largest absolute Gasteiger partial charge is 0.434 e. The first-order valence-electron chi connectivity index (χ1n) is 9.08. The van der Waals surface area contributed by atoms with Crippen molar-refractivity contribution in [2.75, 3.05) is 6.61 Å². The Kier molecular flexibility index (Phi) is 5.58. The standard InChI is InChI=1S/C18H17F2N3O8/c19-17(20)30-9-2-1-3-10-13(9)8(21-31-10)6-23-12(25)4-5-22(18(23)28)16-15(27)14(26)11(7-24)29-16/h1-5,11,14-17,24,26-27H,6-7H2/t11-,14+,15?,16-/m1/s1. The molecule has 166 valence electrons. The summed E-state index contributed by atoms with van der Waals surface area (Å²) >= 11 is 0. The van der Waals surface area contributed by atoms with Crippen LogP contribution in [-0.4, -0.2) is 61.1 Å². The van der Waals surface area contributed by atoms with Crippen LogP contribution in [0.2, 0.25) is 0 Å². The van der Waals surface area contributed by atoms with Gasteiger partial charge >= 0.3 is 12.3 Å². The molecule has 0 bridgehead atoms. The molecule has 3 aromatic rings. The molecule has 4 rings (SSSR count). The van der Waals surface area contributed by atoms with Crippen LogP contribution in [0.3, 0.4) is 0 Å². The molecule has 1 aromatic carbocycles. The second kappa shape index (κ2) is 8.19. The topological polar surface area (TPSA) is 149 Å². The summed E-state index contributed by atoms with van der Waals surface area (Å²) in [7, 11) is 0. The molecule has 1 unspecified atom stereocenters. The molecule has 13 heteroatoms. The highest BCUT2D eigenvalue weighted by Gasteiger charge is 2.43. The van der Waals surface area contributed by atoms with Gasteiger partial charge in [-0.15, -0.1) is 0 Å². The second-order valence-electron chi connectivity index (χ2n) is 6.80. The average Bonchev–Trinajstić information content (AvgIpc) is 3.27.